The Morgan fingerprint density at radius 3 is 2.86 bits per heavy atom. The SMILES string of the molecule is NNc1cc(OC2CCCC2)ncn1. The van der Waals surface area contributed by atoms with Crippen LogP contribution >= 0.6 is 0 Å². The summed E-state index contributed by atoms with van der Waals surface area (Å²) in [5.41, 5.74) is 2.46. The normalized spacial score (nSPS) is 16.9. The fraction of sp³-hybridized carbons (Fsp3) is 0.556. The highest BCUT2D eigenvalue weighted by Gasteiger charge is 2.16. The number of nitrogens with zero attached hydrogens (tertiary/aromatic N) is 2. The van der Waals surface area contributed by atoms with Crippen LogP contribution in [0, 0.1) is 0 Å². The zero-order valence-electron chi connectivity index (χ0n) is 7.94. The summed E-state index contributed by atoms with van der Waals surface area (Å²) in [5, 5.41) is 0. The average molecular weight is 194 g/mol. The third kappa shape index (κ3) is 2.11. The molecule has 1 fully saturated rings. The van der Waals surface area contributed by atoms with Crippen molar-refractivity contribution in [2.45, 2.75) is 31.8 Å². The molecular formula is C9H14N4O. The highest BCUT2D eigenvalue weighted by Crippen LogP contribution is 2.23. The number of nitrogens with one attached hydrogen (secondary N) is 1. The summed E-state index contributed by atoms with van der Waals surface area (Å²) >= 11 is 0. The topological polar surface area (TPSA) is 73.1 Å². The second kappa shape index (κ2) is 4.23. The van der Waals surface area contributed by atoms with Crippen molar-refractivity contribution in [3.63, 3.8) is 0 Å². The molecule has 1 aromatic rings. The van der Waals surface area contributed by atoms with Crippen LogP contribution in [-0.4, -0.2) is 16.1 Å². The van der Waals surface area contributed by atoms with E-state index in [1.165, 1.54) is 19.2 Å². The summed E-state index contributed by atoms with van der Waals surface area (Å²) < 4.78 is 5.67. The molecule has 1 aliphatic rings. The van der Waals surface area contributed by atoms with Gasteiger partial charge in [0.2, 0.25) is 5.88 Å². The highest BCUT2D eigenvalue weighted by molar-refractivity contribution is 5.35. The smallest absolute Gasteiger partial charge is 0.218 e. The number of hydrogen-bond donors (Lipinski definition) is 2. The van der Waals surface area contributed by atoms with Gasteiger partial charge in [-0.15, -0.1) is 0 Å². The maximum Gasteiger partial charge on any atom is 0.218 e. The Morgan fingerprint density at radius 1 is 1.36 bits per heavy atom. The summed E-state index contributed by atoms with van der Waals surface area (Å²) in [4.78, 5) is 7.93. The fourth-order valence-corrected chi connectivity index (χ4v) is 1.66. The van der Waals surface area contributed by atoms with E-state index in [9.17, 15) is 0 Å². The third-order valence-electron chi connectivity index (χ3n) is 2.38. The summed E-state index contributed by atoms with van der Waals surface area (Å²) in [6.45, 7) is 0. The Balaban J connectivity index is 2.00. The van der Waals surface area contributed by atoms with Gasteiger partial charge in [-0.05, 0) is 25.7 Å². The molecule has 0 amide bonds. The summed E-state index contributed by atoms with van der Waals surface area (Å²) in [7, 11) is 0. The molecule has 1 aliphatic carbocycles. The van der Waals surface area contributed by atoms with E-state index in [0.717, 1.165) is 12.8 Å². The van der Waals surface area contributed by atoms with E-state index >= 15 is 0 Å². The van der Waals surface area contributed by atoms with Crippen molar-refractivity contribution in [1.82, 2.24) is 9.97 Å². The lowest BCUT2D eigenvalue weighted by molar-refractivity contribution is 0.201. The molecule has 76 valence electrons. The molecule has 14 heavy (non-hydrogen) atoms. The van der Waals surface area contributed by atoms with E-state index < -0.39 is 0 Å². The van der Waals surface area contributed by atoms with Gasteiger partial charge in [0, 0.05) is 6.07 Å². The van der Waals surface area contributed by atoms with Crippen molar-refractivity contribution in [3.8, 4) is 5.88 Å². The highest BCUT2D eigenvalue weighted by atomic mass is 16.5. The molecule has 0 atom stereocenters. The molecule has 1 aromatic heterocycles. The fourth-order valence-electron chi connectivity index (χ4n) is 1.66. The standard InChI is InChI=1S/C9H14N4O/c10-13-8-5-9(12-6-11-8)14-7-3-1-2-4-7/h5-7H,1-4,10H2,(H,11,12,13). The maximum absolute atomic E-state index is 5.67. The van der Waals surface area contributed by atoms with Crippen LogP contribution in [0.2, 0.25) is 0 Å². The molecular weight excluding hydrogens is 180 g/mol. The Labute approximate surface area is 82.7 Å². The number of hydrazine groups is 1. The first kappa shape index (κ1) is 9.21. The monoisotopic (exact) mass is 194 g/mol. The van der Waals surface area contributed by atoms with Crippen LogP contribution in [0.15, 0.2) is 12.4 Å². The number of ether oxygens (including phenoxy) is 1. The minimum absolute atomic E-state index is 0.315. The first-order chi connectivity index (χ1) is 6.88. The van der Waals surface area contributed by atoms with Gasteiger partial charge in [-0.1, -0.05) is 0 Å². The van der Waals surface area contributed by atoms with Crippen molar-refractivity contribution in [2.75, 3.05) is 5.43 Å². The van der Waals surface area contributed by atoms with Crippen LogP contribution in [0.3, 0.4) is 0 Å². The number of nitrogen functional groups attached to an aromatic ring is 1. The Bertz CT molecular complexity index is 299. The zero-order chi connectivity index (χ0) is 9.80. The lowest BCUT2D eigenvalue weighted by atomic mass is 10.3. The van der Waals surface area contributed by atoms with Crippen molar-refractivity contribution in [2.24, 2.45) is 5.84 Å². The minimum Gasteiger partial charge on any atom is -0.474 e. The molecule has 0 saturated heterocycles. The molecule has 3 N–H and O–H groups in total. The van der Waals surface area contributed by atoms with Crippen LogP contribution in [0.5, 0.6) is 5.88 Å². The second-order valence-corrected chi connectivity index (χ2v) is 3.41. The van der Waals surface area contributed by atoms with Crippen molar-refractivity contribution < 1.29 is 4.74 Å². The molecule has 0 spiro atoms. The maximum atomic E-state index is 5.67. The Kier molecular flexibility index (Phi) is 2.78. The van der Waals surface area contributed by atoms with Gasteiger partial charge in [-0.3, -0.25) is 0 Å². The van der Waals surface area contributed by atoms with E-state index in [0.29, 0.717) is 17.8 Å². The molecule has 0 unspecified atom stereocenters. The predicted molar refractivity (Wildman–Crippen MR) is 52.7 cm³/mol. The molecule has 2 rings (SSSR count). The van der Waals surface area contributed by atoms with Crippen molar-refractivity contribution >= 4 is 5.82 Å². The van der Waals surface area contributed by atoms with Gasteiger partial charge in [-0.2, -0.15) is 0 Å². The first-order valence-electron chi connectivity index (χ1n) is 4.84. The van der Waals surface area contributed by atoms with Gasteiger partial charge in [0.15, 0.2) is 0 Å². The van der Waals surface area contributed by atoms with Crippen LogP contribution in [-0.2, 0) is 0 Å². The molecule has 5 nitrogen and oxygen atoms in total. The van der Waals surface area contributed by atoms with Gasteiger partial charge in [-0.25, -0.2) is 15.8 Å². The van der Waals surface area contributed by atoms with E-state index in [1.54, 1.807) is 6.07 Å². The summed E-state index contributed by atoms with van der Waals surface area (Å²) in [5.74, 6) is 6.40. The van der Waals surface area contributed by atoms with Crippen molar-refractivity contribution in [3.05, 3.63) is 12.4 Å². The Morgan fingerprint density at radius 2 is 2.14 bits per heavy atom. The number of hydrogen-bond acceptors (Lipinski definition) is 5. The number of nitrogens with two attached hydrogens (primary N) is 1. The molecule has 5 heteroatoms. The summed E-state index contributed by atoms with van der Waals surface area (Å²) in [6, 6.07) is 1.71. The largest absolute Gasteiger partial charge is 0.474 e. The van der Waals surface area contributed by atoms with E-state index in [4.69, 9.17) is 10.6 Å². The van der Waals surface area contributed by atoms with E-state index in [2.05, 4.69) is 15.4 Å². The molecule has 1 heterocycles. The molecule has 0 bridgehead atoms. The number of anilines is 1. The number of rotatable bonds is 3. The quantitative estimate of drug-likeness (QED) is 0.556. The molecule has 0 radical (unpaired) electrons. The van der Waals surface area contributed by atoms with Crippen molar-refractivity contribution in [1.29, 1.82) is 0 Å². The first-order valence-corrected chi connectivity index (χ1v) is 4.84. The van der Waals surface area contributed by atoms with Crippen LogP contribution < -0.4 is 16.0 Å². The molecule has 0 aromatic carbocycles. The number of aromatic nitrogens is 2. The second-order valence-electron chi connectivity index (χ2n) is 3.41. The lowest BCUT2D eigenvalue weighted by Crippen LogP contribution is -2.13. The van der Waals surface area contributed by atoms with Gasteiger partial charge in [0.25, 0.3) is 0 Å². The van der Waals surface area contributed by atoms with Gasteiger partial charge in [0.05, 0.1) is 0 Å². The average Bonchev–Trinajstić information content (AvgIpc) is 2.71. The third-order valence-corrected chi connectivity index (χ3v) is 2.38. The summed E-state index contributed by atoms with van der Waals surface area (Å²) in [6.07, 6.45) is 6.50. The van der Waals surface area contributed by atoms with Gasteiger partial charge in [0.1, 0.15) is 18.2 Å². The molecule has 0 aliphatic heterocycles. The van der Waals surface area contributed by atoms with Gasteiger partial charge >= 0.3 is 0 Å². The van der Waals surface area contributed by atoms with Crippen LogP contribution in [0.1, 0.15) is 25.7 Å². The molecule has 1 saturated carbocycles. The zero-order valence-corrected chi connectivity index (χ0v) is 7.94. The Hall–Kier alpha value is -1.36. The van der Waals surface area contributed by atoms with Gasteiger partial charge < -0.3 is 10.2 Å². The van der Waals surface area contributed by atoms with Crippen LogP contribution in [0.4, 0.5) is 5.82 Å². The van der Waals surface area contributed by atoms with E-state index in [-0.39, 0.29) is 0 Å². The van der Waals surface area contributed by atoms with Crippen LogP contribution in [0.25, 0.3) is 0 Å². The van der Waals surface area contributed by atoms with E-state index in [1.807, 2.05) is 0 Å². The predicted octanol–water partition coefficient (Wildman–Crippen LogP) is 1.08. The minimum atomic E-state index is 0.315. The lowest BCUT2D eigenvalue weighted by Gasteiger charge is -2.11.